The van der Waals surface area contributed by atoms with E-state index >= 15 is 0 Å². The number of aliphatic hydroxyl groups excluding tert-OH is 1. The van der Waals surface area contributed by atoms with Gasteiger partial charge < -0.3 is 28.8 Å². The summed E-state index contributed by atoms with van der Waals surface area (Å²) in [5.74, 6) is -0.699. The molecule has 0 spiro atoms. The lowest BCUT2D eigenvalue weighted by Crippen LogP contribution is -2.41. The van der Waals surface area contributed by atoms with E-state index in [-0.39, 0.29) is 18.8 Å². The van der Waals surface area contributed by atoms with Gasteiger partial charge in [0.15, 0.2) is 12.1 Å². The second kappa shape index (κ2) is 5.87. The summed E-state index contributed by atoms with van der Waals surface area (Å²) >= 11 is 0. The second-order valence-electron chi connectivity index (χ2n) is 5.16. The molecule has 19 heavy (non-hydrogen) atoms. The van der Waals surface area contributed by atoms with Crippen molar-refractivity contribution in [2.75, 3.05) is 20.3 Å². The van der Waals surface area contributed by atoms with Gasteiger partial charge in [-0.05, 0) is 13.8 Å². The van der Waals surface area contributed by atoms with Crippen LogP contribution >= 0.6 is 0 Å². The molecule has 2 aliphatic heterocycles. The van der Waals surface area contributed by atoms with E-state index in [1.165, 1.54) is 0 Å². The van der Waals surface area contributed by atoms with Crippen LogP contribution in [-0.2, 0) is 23.7 Å². The average molecular weight is 274 g/mol. The summed E-state index contributed by atoms with van der Waals surface area (Å²) in [4.78, 5) is 0. The van der Waals surface area contributed by atoms with Crippen LogP contribution in [0.15, 0.2) is 12.7 Å². The maximum absolute atomic E-state index is 10.1. The Hall–Kier alpha value is -0.500. The Morgan fingerprint density at radius 3 is 2.68 bits per heavy atom. The molecule has 0 aromatic carbocycles. The fourth-order valence-electron chi connectivity index (χ4n) is 2.46. The largest absolute Gasteiger partial charge is 0.388 e. The van der Waals surface area contributed by atoms with Crippen LogP contribution in [0.25, 0.3) is 0 Å². The van der Waals surface area contributed by atoms with Gasteiger partial charge in [-0.3, -0.25) is 0 Å². The van der Waals surface area contributed by atoms with Crippen molar-refractivity contribution >= 4 is 0 Å². The molecule has 2 aliphatic rings. The van der Waals surface area contributed by atoms with Crippen LogP contribution in [0, 0.1) is 0 Å². The highest BCUT2D eigenvalue weighted by Crippen LogP contribution is 2.39. The third kappa shape index (κ3) is 3.16. The van der Waals surface area contributed by atoms with Gasteiger partial charge in [0.05, 0.1) is 13.2 Å². The Morgan fingerprint density at radius 1 is 1.37 bits per heavy atom. The van der Waals surface area contributed by atoms with Gasteiger partial charge in [0, 0.05) is 7.11 Å². The smallest absolute Gasteiger partial charge is 0.186 e. The van der Waals surface area contributed by atoms with E-state index < -0.39 is 24.3 Å². The second-order valence-corrected chi connectivity index (χ2v) is 5.16. The lowest BCUT2D eigenvalue weighted by Gasteiger charge is -2.25. The fraction of sp³-hybridized carbons (Fsp3) is 0.846. The zero-order valence-electron chi connectivity index (χ0n) is 11.6. The number of methoxy groups -OCH3 is 1. The molecule has 0 aromatic rings. The molecular formula is C13H22O6. The highest BCUT2D eigenvalue weighted by atomic mass is 16.8. The lowest BCUT2D eigenvalue weighted by atomic mass is 10.1. The third-order valence-corrected chi connectivity index (χ3v) is 3.18. The monoisotopic (exact) mass is 274 g/mol. The first kappa shape index (κ1) is 14.9. The molecule has 0 bridgehead atoms. The van der Waals surface area contributed by atoms with E-state index in [1.807, 2.05) is 13.8 Å². The molecule has 0 unspecified atom stereocenters. The van der Waals surface area contributed by atoms with Gasteiger partial charge in [-0.25, -0.2) is 0 Å². The summed E-state index contributed by atoms with van der Waals surface area (Å²) in [5, 5.41) is 10.1. The highest BCUT2D eigenvalue weighted by Gasteiger charge is 2.57. The van der Waals surface area contributed by atoms with Gasteiger partial charge in [0.25, 0.3) is 0 Å². The zero-order valence-corrected chi connectivity index (χ0v) is 11.6. The molecule has 1 N–H and O–H groups in total. The van der Waals surface area contributed by atoms with Gasteiger partial charge in [0.2, 0.25) is 0 Å². The minimum absolute atomic E-state index is 0.153. The van der Waals surface area contributed by atoms with Gasteiger partial charge in [-0.1, -0.05) is 6.08 Å². The normalized spacial score (nSPS) is 38.1. The molecule has 6 nitrogen and oxygen atoms in total. The van der Waals surface area contributed by atoms with Crippen molar-refractivity contribution in [1.82, 2.24) is 0 Å². The van der Waals surface area contributed by atoms with Crippen molar-refractivity contribution in [3.05, 3.63) is 12.7 Å². The molecule has 0 aliphatic carbocycles. The maximum atomic E-state index is 10.1. The van der Waals surface area contributed by atoms with E-state index in [4.69, 9.17) is 23.7 Å². The number of rotatable bonds is 6. The van der Waals surface area contributed by atoms with Crippen LogP contribution in [0.2, 0.25) is 0 Å². The first-order chi connectivity index (χ1) is 8.98. The van der Waals surface area contributed by atoms with Crippen molar-refractivity contribution < 1.29 is 28.8 Å². The lowest BCUT2D eigenvalue weighted by molar-refractivity contribution is -0.239. The van der Waals surface area contributed by atoms with Crippen LogP contribution in [0.4, 0.5) is 0 Å². The van der Waals surface area contributed by atoms with E-state index in [1.54, 1.807) is 13.2 Å². The predicted molar refractivity (Wildman–Crippen MR) is 66.5 cm³/mol. The number of fused-ring (bicyclic) bond motifs is 1. The summed E-state index contributed by atoms with van der Waals surface area (Å²) < 4.78 is 27.6. The van der Waals surface area contributed by atoms with E-state index in [0.29, 0.717) is 6.61 Å². The van der Waals surface area contributed by atoms with Crippen LogP contribution < -0.4 is 0 Å². The fourth-order valence-corrected chi connectivity index (χ4v) is 2.46. The maximum Gasteiger partial charge on any atom is 0.186 e. The summed E-state index contributed by atoms with van der Waals surface area (Å²) in [5.41, 5.74) is 0. The Labute approximate surface area is 113 Å². The van der Waals surface area contributed by atoms with E-state index in [0.717, 1.165) is 0 Å². The van der Waals surface area contributed by atoms with Crippen LogP contribution in [0.5, 0.6) is 0 Å². The molecule has 0 radical (unpaired) electrons. The van der Waals surface area contributed by atoms with Crippen molar-refractivity contribution in [1.29, 1.82) is 0 Å². The van der Waals surface area contributed by atoms with Crippen molar-refractivity contribution in [3.63, 3.8) is 0 Å². The first-order valence-corrected chi connectivity index (χ1v) is 6.39. The molecule has 5 atom stereocenters. The first-order valence-electron chi connectivity index (χ1n) is 6.39. The average Bonchev–Trinajstić information content (AvgIpc) is 2.82. The quantitative estimate of drug-likeness (QED) is 0.560. The molecule has 2 heterocycles. The van der Waals surface area contributed by atoms with Crippen molar-refractivity contribution in [2.45, 2.75) is 50.3 Å². The predicted octanol–water partition coefficient (Wildman–Crippen LogP) is 0.441. The molecule has 2 rings (SSSR count). The SMILES string of the molecule is C=CCOC[C@H](O)[C@H]1O[C@H](OC)[C@H]2OC(C)(C)O[C@H]21. The van der Waals surface area contributed by atoms with Crippen LogP contribution in [-0.4, -0.2) is 61.9 Å². The summed E-state index contributed by atoms with van der Waals surface area (Å²) in [6, 6.07) is 0. The molecule has 0 aromatic heterocycles. The Morgan fingerprint density at radius 2 is 2.05 bits per heavy atom. The van der Waals surface area contributed by atoms with Gasteiger partial charge >= 0.3 is 0 Å². The molecule has 6 heteroatoms. The van der Waals surface area contributed by atoms with E-state index in [9.17, 15) is 5.11 Å². The number of ether oxygens (including phenoxy) is 5. The van der Waals surface area contributed by atoms with Crippen LogP contribution in [0.1, 0.15) is 13.8 Å². The van der Waals surface area contributed by atoms with Crippen LogP contribution in [0.3, 0.4) is 0 Å². The van der Waals surface area contributed by atoms with Crippen molar-refractivity contribution in [2.24, 2.45) is 0 Å². The van der Waals surface area contributed by atoms with Gasteiger partial charge in [-0.15, -0.1) is 6.58 Å². The topological polar surface area (TPSA) is 66.4 Å². The highest BCUT2D eigenvalue weighted by molar-refractivity contribution is 4.97. The number of aliphatic hydroxyl groups is 1. The van der Waals surface area contributed by atoms with Crippen molar-refractivity contribution in [3.8, 4) is 0 Å². The van der Waals surface area contributed by atoms with Gasteiger partial charge in [-0.2, -0.15) is 0 Å². The summed E-state index contributed by atoms with van der Waals surface area (Å²) in [6.07, 6.45) is -0.930. The Balaban J connectivity index is 1.99. The molecule has 2 fully saturated rings. The Kier molecular flexibility index (Phi) is 4.60. The molecular weight excluding hydrogens is 252 g/mol. The molecule has 2 saturated heterocycles. The summed E-state index contributed by atoms with van der Waals surface area (Å²) in [6.45, 7) is 7.74. The number of hydrogen-bond acceptors (Lipinski definition) is 6. The number of hydrogen-bond donors (Lipinski definition) is 1. The minimum atomic E-state index is -0.801. The zero-order chi connectivity index (χ0) is 14.0. The molecule has 110 valence electrons. The van der Waals surface area contributed by atoms with E-state index in [2.05, 4.69) is 6.58 Å². The van der Waals surface area contributed by atoms with Gasteiger partial charge in [0.1, 0.15) is 24.4 Å². The molecule has 0 saturated carbocycles. The standard InChI is InChI=1S/C13H22O6/c1-5-6-16-7-8(14)9-10-11(12(15-4)17-9)19-13(2,3)18-10/h5,8-12,14H,1,6-7H2,2-4H3/t8-,9+,10-,11-,12-/m0/s1. The Bertz CT molecular complexity index is 318. The third-order valence-electron chi connectivity index (χ3n) is 3.18. The summed E-state index contributed by atoms with van der Waals surface area (Å²) in [7, 11) is 1.54. The molecule has 0 amide bonds. The minimum Gasteiger partial charge on any atom is -0.388 e.